The van der Waals surface area contributed by atoms with E-state index in [0.29, 0.717) is 5.88 Å². The van der Waals surface area contributed by atoms with Crippen molar-refractivity contribution >= 4 is 0 Å². The Morgan fingerprint density at radius 3 is 3.00 bits per heavy atom. The number of hydrogen-bond donors (Lipinski definition) is 1. The van der Waals surface area contributed by atoms with Gasteiger partial charge in [-0.3, -0.25) is 0 Å². The van der Waals surface area contributed by atoms with E-state index in [1.54, 1.807) is 19.4 Å². The molecular formula is C10H14N2O2. The Kier molecular flexibility index (Phi) is 2.84. The predicted octanol–water partition coefficient (Wildman–Crippen LogP) is 0.831. The van der Waals surface area contributed by atoms with Gasteiger partial charge in [0, 0.05) is 12.6 Å². The first-order valence-corrected chi connectivity index (χ1v) is 4.76. The molecule has 0 bridgehead atoms. The van der Waals surface area contributed by atoms with E-state index < -0.39 is 0 Å². The van der Waals surface area contributed by atoms with E-state index in [1.807, 2.05) is 6.07 Å². The number of aromatic nitrogens is 1. The summed E-state index contributed by atoms with van der Waals surface area (Å²) < 4.78 is 10.7. The molecular weight excluding hydrogens is 180 g/mol. The molecule has 1 aliphatic heterocycles. The van der Waals surface area contributed by atoms with Gasteiger partial charge in [0.1, 0.15) is 11.9 Å². The van der Waals surface area contributed by atoms with Crippen LogP contribution in [0.15, 0.2) is 18.3 Å². The van der Waals surface area contributed by atoms with E-state index in [9.17, 15) is 0 Å². The highest BCUT2D eigenvalue weighted by molar-refractivity contribution is 5.23. The van der Waals surface area contributed by atoms with Gasteiger partial charge in [-0.2, -0.15) is 0 Å². The lowest BCUT2D eigenvalue weighted by Crippen LogP contribution is -2.19. The molecule has 0 saturated carbocycles. The monoisotopic (exact) mass is 194 g/mol. The van der Waals surface area contributed by atoms with Gasteiger partial charge >= 0.3 is 0 Å². The van der Waals surface area contributed by atoms with Crippen LogP contribution < -0.4 is 14.8 Å². The smallest absolute Gasteiger partial charge is 0.213 e. The van der Waals surface area contributed by atoms with Gasteiger partial charge < -0.3 is 14.8 Å². The molecule has 1 aliphatic rings. The van der Waals surface area contributed by atoms with Crippen LogP contribution in [0, 0.1) is 0 Å². The van der Waals surface area contributed by atoms with Gasteiger partial charge in [0.05, 0.1) is 13.3 Å². The normalized spacial score (nSPS) is 20.8. The number of rotatable bonds is 3. The third-order valence-corrected chi connectivity index (χ3v) is 2.24. The minimum atomic E-state index is 0.283. The van der Waals surface area contributed by atoms with Gasteiger partial charge in [0.25, 0.3) is 0 Å². The standard InChI is InChI=1S/C10H14N2O2/c1-13-10-3-2-8(7-12-10)14-9-4-5-11-6-9/h2-3,7,9,11H,4-6H2,1H3/t9-/m0/s1. The van der Waals surface area contributed by atoms with Crippen LogP contribution in [0.1, 0.15) is 6.42 Å². The Labute approximate surface area is 83.2 Å². The lowest BCUT2D eigenvalue weighted by atomic mass is 10.3. The number of methoxy groups -OCH3 is 1. The van der Waals surface area contributed by atoms with Gasteiger partial charge in [-0.05, 0) is 19.0 Å². The van der Waals surface area contributed by atoms with E-state index in [1.165, 1.54) is 0 Å². The van der Waals surface area contributed by atoms with Crippen LogP contribution in [0.4, 0.5) is 0 Å². The minimum Gasteiger partial charge on any atom is -0.487 e. The Morgan fingerprint density at radius 1 is 1.50 bits per heavy atom. The molecule has 0 aliphatic carbocycles. The van der Waals surface area contributed by atoms with Gasteiger partial charge in [0.2, 0.25) is 5.88 Å². The highest BCUT2D eigenvalue weighted by Gasteiger charge is 2.15. The molecule has 1 N–H and O–H groups in total. The second-order valence-corrected chi connectivity index (χ2v) is 3.27. The van der Waals surface area contributed by atoms with Crippen LogP contribution in [-0.4, -0.2) is 31.3 Å². The van der Waals surface area contributed by atoms with E-state index in [0.717, 1.165) is 25.3 Å². The maximum atomic E-state index is 5.69. The molecule has 4 heteroatoms. The third-order valence-electron chi connectivity index (χ3n) is 2.24. The zero-order valence-electron chi connectivity index (χ0n) is 8.19. The SMILES string of the molecule is COc1ccc(O[C@H]2CCNC2)cn1. The molecule has 1 saturated heterocycles. The van der Waals surface area contributed by atoms with Crippen molar-refractivity contribution in [2.24, 2.45) is 0 Å². The van der Waals surface area contributed by atoms with Crippen molar-refractivity contribution < 1.29 is 9.47 Å². The first-order chi connectivity index (χ1) is 6.88. The highest BCUT2D eigenvalue weighted by Crippen LogP contribution is 2.16. The molecule has 1 aromatic rings. The van der Waals surface area contributed by atoms with E-state index in [-0.39, 0.29) is 6.10 Å². The number of pyridine rings is 1. The molecule has 0 unspecified atom stereocenters. The van der Waals surface area contributed by atoms with Crippen LogP contribution in [-0.2, 0) is 0 Å². The maximum Gasteiger partial charge on any atom is 0.213 e. The van der Waals surface area contributed by atoms with Crippen molar-refractivity contribution in [3.8, 4) is 11.6 Å². The van der Waals surface area contributed by atoms with E-state index in [2.05, 4.69) is 10.3 Å². The number of nitrogens with zero attached hydrogens (tertiary/aromatic N) is 1. The summed E-state index contributed by atoms with van der Waals surface area (Å²) in [6.07, 6.45) is 3.04. The predicted molar refractivity (Wildman–Crippen MR) is 52.7 cm³/mol. The van der Waals surface area contributed by atoms with Crippen molar-refractivity contribution in [1.82, 2.24) is 10.3 Å². The van der Waals surface area contributed by atoms with E-state index in [4.69, 9.17) is 9.47 Å². The number of nitrogens with one attached hydrogen (secondary N) is 1. The average Bonchev–Trinajstić information content (AvgIpc) is 2.72. The van der Waals surface area contributed by atoms with Crippen LogP contribution in [0.5, 0.6) is 11.6 Å². The van der Waals surface area contributed by atoms with E-state index >= 15 is 0 Å². The fourth-order valence-corrected chi connectivity index (χ4v) is 1.48. The van der Waals surface area contributed by atoms with Crippen LogP contribution >= 0.6 is 0 Å². The van der Waals surface area contributed by atoms with Gasteiger partial charge in [-0.1, -0.05) is 0 Å². The Balaban J connectivity index is 1.95. The molecule has 1 fully saturated rings. The fraction of sp³-hybridized carbons (Fsp3) is 0.500. The summed E-state index contributed by atoms with van der Waals surface area (Å²) in [4.78, 5) is 4.07. The summed E-state index contributed by atoms with van der Waals surface area (Å²) in [6.45, 7) is 1.96. The fourth-order valence-electron chi connectivity index (χ4n) is 1.48. The number of hydrogen-bond acceptors (Lipinski definition) is 4. The Bertz CT molecular complexity index is 281. The Hall–Kier alpha value is -1.29. The zero-order chi connectivity index (χ0) is 9.80. The molecule has 1 atom stereocenters. The highest BCUT2D eigenvalue weighted by atomic mass is 16.5. The quantitative estimate of drug-likeness (QED) is 0.774. The largest absolute Gasteiger partial charge is 0.487 e. The average molecular weight is 194 g/mol. The summed E-state index contributed by atoms with van der Waals surface area (Å²) in [5, 5.41) is 3.25. The lowest BCUT2D eigenvalue weighted by Gasteiger charge is -2.11. The third kappa shape index (κ3) is 2.14. The van der Waals surface area contributed by atoms with Crippen molar-refractivity contribution in [3.05, 3.63) is 18.3 Å². The second kappa shape index (κ2) is 4.28. The number of ether oxygens (including phenoxy) is 2. The van der Waals surface area contributed by atoms with Crippen molar-refractivity contribution in [1.29, 1.82) is 0 Å². The van der Waals surface area contributed by atoms with Crippen LogP contribution in [0.2, 0.25) is 0 Å². The Morgan fingerprint density at radius 2 is 2.43 bits per heavy atom. The topological polar surface area (TPSA) is 43.4 Å². The summed E-state index contributed by atoms with van der Waals surface area (Å²) in [5.74, 6) is 1.42. The van der Waals surface area contributed by atoms with Gasteiger partial charge in [-0.15, -0.1) is 0 Å². The zero-order valence-corrected chi connectivity index (χ0v) is 8.19. The summed E-state index contributed by atoms with van der Waals surface area (Å²) in [7, 11) is 1.60. The molecule has 0 spiro atoms. The molecule has 0 aromatic carbocycles. The maximum absolute atomic E-state index is 5.69. The second-order valence-electron chi connectivity index (χ2n) is 3.27. The van der Waals surface area contributed by atoms with Gasteiger partial charge in [-0.25, -0.2) is 4.98 Å². The lowest BCUT2D eigenvalue weighted by molar-refractivity contribution is 0.221. The molecule has 4 nitrogen and oxygen atoms in total. The van der Waals surface area contributed by atoms with Gasteiger partial charge in [0.15, 0.2) is 0 Å². The first kappa shape index (κ1) is 9.27. The molecule has 14 heavy (non-hydrogen) atoms. The molecule has 2 heterocycles. The van der Waals surface area contributed by atoms with Crippen molar-refractivity contribution in [2.75, 3.05) is 20.2 Å². The molecule has 1 aromatic heterocycles. The summed E-state index contributed by atoms with van der Waals surface area (Å²) >= 11 is 0. The van der Waals surface area contributed by atoms with Crippen LogP contribution in [0.3, 0.4) is 0 Å². The van der Waals surface area contributed by atoms with Crippen molar-refractivity contribution in [2.45, 2.75) is 12.5 Å². The molecule has 0 amide bonds. The first-order valence-electron chi connectivity index (χ1n) is 4.76. The molecule has 0 radical (unpaired) electrons. The summed E-state index contributed by atoms with van der Waals surface area (Å²) in [5.41, 5.74) is 0. The van der Waals surface area contributed by atoms with Crippen LogP contribution in [0.25, 0.3) is 0 Å². The molecule has 76 valence electrons. The molecule has 2 rings (SSSR count). The van der Waals surface area contributed by atoms with Crippen molar-refractivity contribution in [3.63, 3.8) is 0 Å². The minimum absolute atomic E-state index is 0.283. The summed E-state index contributed by atoms with van der Waals surface area (Å²) in [6, 6.07) is 3.68.